The molecule has 0 N–H and O–H groups in total. The lowest BCUT2D eigenvalue weighted by Gasteiger charge is -2.07. The summed E-state index contributed by atoms with van der Waals surface area (Å²) in [5.41, 5.74) is 1.59. The van der Waals surface area contributed by atoms with Crippen LogP contribution in [0.5, 0.6) is 0 Å². The quantitative estimate of drug-likeness (QED) is 0.626. The normalized spacial score (nSPS) is 10.5. The fraction of sp³-hybridized carbons (Fsp3) is 0. The molecule has 81 valence electrons. The lowest BCUT2D eigenvalue weighted by atomic mass is 10.1. The molecule has 0 heterocycles. The first-order chi connectivity index (χ1) is 7.58. The van der Waals surface area contributed by atoms with Gasteiger partial charge in [-0.1, -0.05) is 58.5 Å². The average Bonchev–Trinajstić information content (AvgIpc) is 2.19. The van der Waals surface area contributed by atoms with Crippen molar-refractivity contribution in [1.82, 2.24) is 0 Å². The largest absolute Gasteiger partial charge is 0.0843 e. The van der Waals surface area contributed by atoms with Crippen LogP contribution in [0.1, 0.15) is 0 Å². The van der Waals surface area contributed by atoms with Gasteiger partial charge in [0.1, 0.15) is 0 Å². The van der Waals surface area contributed by atoms with E-state index in [1.165, 1.54) is 0 Å². The van der Waals surface area contributed by atoms with Crippen molar-refractivity contribution in [1.29, 1.82) is 0 Å². The van der Waals surface area contributed by atoms with Crippen molar-refractivity contribution in [2.45, 2.75) is 0 Å². The Hall–Kier alpha value is -0.400. The maximum Gasteiger partial charge on any atom is 0.0579 e. The first-order valence-corrected chi connectivity index (χ1v) is 5.92. The molecule has 0 bridgehead atoms. The minimum Gasteiger partial charge on any atom is -0.0843 e. The van der Waals surface area contributed by atoms with E-state index in [9.17, 15) is 0 Å². The van der Waals surface area contributed by atoms with Crippen LogP contribution < -0.4 is 0 Å². The Morgan fingerprint density at radius 1 is 0.812 bits per heavy atom. The molecular weight excluding hydrogens is 286 g/mol. The first-order valence-electron chi connectivity index (χ1n) is 4.40. The predicted octanol–water partition coefficient (Wildman–Crippen LogP) is 5.77. The van der Waals surface area contributed by atoms with E-state index < -0.39 is 0 Å². The van der Waals surface area contributed by atoms with Gasteiger partial charge in [-0.2, -0.15) is 0 Å². The topological polar surface area (TPSA) is 0 Å². The van der Waals surface area contributed by atoms with Crippen molar-refractivity contribution in [3.8, 4) is 11.1 Å². The zero-order valence-electron chi connectivity index (χ0n) is 7.90. The second-order valence-electron chi connectivity index (χ2n) is 3.16. The molecule has 2 aromatic carbocycles. The molecule has 0 fully saturated rings. The second-order valence-corrected chi connectivity index (χ2v) is 4.79. The van der Waals surface area contributed by atoms with E-state index in [1.54, 1.807) is 24.3 Å². The van der Waals surface area contributed by atoms with Crippen molar-refractivity contribution < 1.29 is 0 Å². The van der Waals surface area contributed by atoms with Gasteiger partial charge >= 0.3 is 0 Å². The number of rotatable bonds is 1. The molecule has 0 spiro atoms. The predicted molar refractivity (Wildman–Crippen MR) is 70.8 cm³/mol. The van der Waals surface area contributed by atoms with Gasteiger partial charge < -0.3 is 0 Å². The summed E-state index contributed by atoms with van der Waals surface area (Å²) >= 11 is 23.7. The number of hydrogen-bond acceptors (Lipinski definition) is 0. The van der Waals surface area contributed by atoms with E-state index in [-0.39, 0.29) is 0 Å². The van der Waals surface area contributed by atoms with Gasteiger partial charge in [-0.3, -0.25) is 0 Å². The zero-order valence-corrected chi connectivity index (χ0v) is 10.9. The van der Waals surface area contributed by atoms with Gasteiger partial charge in [0.05, 0.1) is 10.0 Å². The summed E-state index contributed by atoms with van der Waals surface area (Å²) in [6.07, 6.45) is 0. The third-order valence-corrected chi connectivity index (χ3v) is 3.15. The minimum atomic E-state index is 0.441. The standard InChI is InChI=1S/C12H5Cl4/c13-7-1-3-9(11(15)5-7)10-4-2-8(14)6-12(10)16/h1-5H. The summed E-state index contributed by atoms with van der Waals surface area (Å²) in [4.78, 5) is 0. The Balaban J connectivity index is 2.59. The summed E-state index contributed by atoms with van der Waals surface area (Å²) in [5.74, 6) is 0. The first kappa shape index (κ1) is 12.1. The Morgan fingerprint density at radius 3 is 2.12 bits per heavy atom. The van der Waals surface area contributed by atoms with Gasteiger partial charge in [-0.15, -0.1) is 0 Å². The van der Waals surface area contributed by atoms with Crippen molar-refractivity contribution in [2.75, 3.05) is 0 Å². The zero-order chi connectivity index (χ0) is 11.7. The summed E-state index contributed by atoms with van der Waals surface area (Å²) in [7, 11) is 0. The number of benzene rings is 2. The van der Waals surface area contributed by atoms with Crippen LogP contribution in [0.4, 0.5) is 0 Å². The van der Waals surface area contributed by atoms with Crippen molar-refractivity contribution in [3.05, 3.63) is 56.5 Å². The highest BCUT2D eigenvalue weighted by Gasteiger charge is 2.08. The molecule has 0 atom stereocenters. The molecule has 2 rings (SSSR count). The fourth-order valence-corrected chi connectivity index (χ4v) is 2.34. The van der Waals surface area contributed by atoms with E-state index >= 15 is 0 Å². The van der Waals surface area contributed by atoms with Crippen molar-refractivity contribution in [3.63, 3.8) is 0 Å². The van der Waals surface area contributed by atoms with Crippen LogP contribution in [0, 0.1) is 6.07 Å². The van der Waals surface area contributed by atoms with Gasteiger partial charge in [0, 0.05) is 27.2 Å². The minimum absolute atomic E-state index is 0.441. The molecule has 16 heavy (non-hydrogen) atoms. The van der Waals surface area contributed by atoms with Gasteiger partial charge in [-0.05, 0) is 18.2 Å². The molecule has 0 aromatic heterocycles. The fourth-order valence-electron chi connectivity index (χ4n) is 1.36. The van der Waals surface area contributed by atoms with Crippen LogP contribution in [0.15, 0.2) is 30.3 Å². The highest BCUT2D eigenvalue weighted by Crippen LogP contribution is 2.35. The molecule has 0 saturated carbocycles. The molecular formula is C12H5Cl4. The Labute approximate surface area is 114 Å². The molecule has 0 saturated heterocycles. The van der Waals surface area contributed by atoms with Crippen LogP contribution in [-0.2, 0) is 0 Å². The lowest BCUT2D eigenvalue weighted by molar-refractivity contribution is 1.61. The third-order valence-electron chi connectivity index (χ3n) is 2.08. The summed E-state index contributed by atoms with van der Waals surface area (Å²) in [6, 6.07) is 11.6. The maximum absolute atomic E-state index is 6.09. The van der Waals surface area contributed by atoms with E-state index in [4.69, 9.17) is 46.4 Å². The smallest absolute Gasteiger partial charge is 0.0579 e. The van der Waals surface area contributed by atoms with Crippen LogP contribution >= 0.6 is 46.4 Å². The summed E-state index contributed by atoms with van der Waals surface area (Å²) in [5, 5.41) is 2.04. The van der Waals surface area contributed by atoms with E-state index in [1.807, 2.05) is 6.07 Å². The molecule has 0 amide bonds. The Kier molecular flexibility index (Phi) is 3.66. The van der Waals surface area contributed by atoms with Gasteiger partial charge in [0.25, 0.3) is 0 Å². The Morgan fingerprint density at radius 2 is 1.50 bits per heavy atom. The van der Waals surface area contributed by atoms with Gasteiger partial charge in [-0.25, -0.2) is 0 Å². The van der Waals surface area contributed by atoms with E-state index in [2.05, 4.69) is 6.07 Å². The Bertz CT molecular complexity index is 485. The van der Waals surface area contributed by atoms with Crippen molar-refractivity contribution in [2.24, 2.45) is 0 Å². The monoisotopic (exact) mass is 289 g/mol. The van der Waals surface area contributed by atoms with E-state index in [0.717, 1.165) is 11.1 Å². The molecule has 2 aromatic rings. The second kappa shape index (κ2) is 4.85. The molecule has 1 radical (unpaired) electrons. The molecule has 0 nitrogen and oxygen atoms in total. The molecule has 0 aliphatic rings. The highest BCUT2D eigenvalue weighted by molar-refractivity contribution is 6.39. The van der Waals surface area contributed by atoms with Gasteiger partial charge in [0.2, 0.25) is 0 Å². The van der Waals surface area contributed by atoms with Crippen LogP contribution in [0.2, 0.25) is 20.1 Å². The van der Waals surface area contributed by atoms with Crippen molar-refractivity contribution >= 4 is 46.4 Å². The molecule has 0 aliphatic carbocycles. The van der Waals surface area contributed by atoms with Crippen LogP contribution in [-0.4, -0.2) is 0 Å². The third kappa shape index (κ3) is 2.46. The van der Waals surface area contributed by atoms with E-state index in [0.29, 0.717) is 20.1 Å². The summed E-state index contributed by atoms with van der Waals surface area (Å²) in [6.45, 7) is 0. The maximum atomic E-state index is 6.09. The lowest BCUT2D eigenvalue weighted by Crippen LogP contribution is -1.82. The summed E-state index contributed by atoms with van der Waals surface area (Å²) < 4.78 is 0. The SMILES string of the molecule is Clc1[c]c(Cl)c(-c2ccc(Cl)cc2Cl)cc1. The number of halogens is 4. The van der Waals surface area contributed by atoms with Gasteiger partial charge in [0.15, 0.2) is 0 Å². The van der Waals surface area contributed by atoms with Crippen LogP contribution in [0.3, 0.4) is 0 Å². The highest BCUT2D eigenvalue weighted by atomic mass is 35.5. The molecule has 0 unspecified atom stereocenters. The number of hydrogen-bond donors (Lipinski definition) is 0. The van der Waals surface area contributed by atoms with Crippen LogP contribution in [0.25, 0.3) is 11.1 Å². The molecule has 4 heteroatoms. The average molecular weight is 291 g/mol. The molecule has 0 aliphatic heterocycles.